The zero-order valence-electron chi connectivity index (χ0n) is 9.01. The lowest BCUT2D eigenvalue weighted by Gasteiger charge is -2.12. The number of carboxylic acids is 1. The Balaban J connectivity index is 2.90. The van der Waals surface area contributed by atoms with Crippen molar-refractivity contribution in [2.75, 3.05) is 5.32 Å². The van der Waals surface area contributed by atoms with Gasteiger partial charge in [-0.3, -0.25) is 14.9 Å². The van der Waals surface area contributed by atoms with E-state index in [0.717, 1.165) is 12.1 Å². The lowest BCUT2D eigenvalue weighted by molar-refractivity contribution is -0.384. The van der Waals surface area contributed by atoms with E-state index >= 15 is 0 Å². The monoisotopic (exact) mass is 242 g/mol. The minimum atomic E-state index is -1.02. The van der Waals surface area contributed by atoms with E-state index < -0.39 is 28.4 Å². The van der Waals surface area contributed by atoms with Crippen LogP contribution in [0.25, 0.3) is 0 Å². The van der Waals surface area contributed by atoms with Gasteiger partial charge in [-0.25, -0.2) is 4.39 Å². The molecule has 1 atom stereocenters. The largest absolute Gasteiger partial charge is 0.481 e. The van der Waals surface area contributed by atoms with E-state index in [4.69, 9.17) is 5.11 Å². The first-order valence-electron chi connectivity index (χ1n) is 4.82. The Bertz CT molecular complexity index is 450. The van der Waals surface area contributed by atoms with Gasteiger partial charge in [0.1, 0.15) is 11.5 Å². The summed E-state index contributed by atoms with van der Waals surface area (Å²) < 4.78 is 12.8. The highest BCUT2D eigenvalue weighted by molar-refractivity contribution is 5.69. The van der Waals surface area contributed by atoms with Gasteiger partial charge in [0.25, 0.3) is 5.69 Å². The van der Waals surface area contributed by atoms with Crippen LogP contribution in [0.1, 0.15) is 13.3 Å². The molecule has 0 fully saturated rings. The summed E-state index contributed by atoms with van der Waals surface area (Å²) in [6.45, 7) is 1.57. The number of carbonyl (C=O) groups is 1. The minimum absolute atomic E-state index is 0.102. The maximum atomic E-state index is 12.8. The summed E-state index contributed by atoms with van der Waals surface area (Å²) in [5.74, 6) is -1.73. The highest BCUT2D eigenvalue weighted by Crippen LogP contribution is 2.25. The fraction of sp³-hybridized carbons (Fsp3) is 0.300. The molecule has 1 rings (SSSR count). The topological polar surface area (TPSA) is 92.5 Å². The van der Waals surface area contributed by atoms with Crippen LogP contribution in [0, 0.1) is 15.9 Å². The number of aliphatic carboxylic acids is 1. The normalized spacial score (nSPS) is 11.9. The van der Waals surface area contributed by atoms with E-state index in [1.54, 1.807) is 6.92 Å². The molecule has 0 radical (unpaired) electrons. The number of carboxylic acid groups (broad SMARTS) is 1. The van der Waals surface area contributed by atoms with Crippen LogP contribution in [0.3, 0.4) is 0 Å². The first-order valence-corrected chi connectivity index (χ1v) is 4.82. The third kappa shape index (κ3) is 3.71. The van der Waals surface area contributed by atoms with E-state index in [9.17, 15) is 19.3 Å². The molecule has 0 aromatic heterocycles. The molecular weight excluding hydrogens is 231 g/mol. The van der Waals surface area contributed by atoms with E-state index in [1.807, 2.05) is 0 Å². The average Bonchev–Trinajstić information content (AvgIpc) is 2.19. The molecule has 0 amide bonds. The summed E-state index contributed by atoms with van der Waals surface area (Å²) in [5, 5.41) is 21.9. The number of nitrogens with zero attached hydrogens (tertiary/aromatic N) is 1. The lowest BCUT2D eigenvalue weighted by atomic mass is 10.2. The zero-order chi connectivity index (χ0) is 13.0. The molecule has 2 N–H and O–H groups in total. The number of halogens is 1. The van der Waals surface area contributed by atoms with E-state index in [1.165, 1.54) is 6.07 Å². The lowest BCUT2D eigenvalue weighted by Crippen LogP contribution is -2.19. The molecule has 17 heavy (non-hydrogen) atoms. The van der Waals surface area contributed by atoms with Gasteiger partial charge in [0.05, 0.1) is 17.4 Å². The van der Waals surface area contributed by atoms with Gasteiger partial charge < -0.3 is 10.4 Å². The Morgan fingerprint density at radius 2 is 2.29 bits per heavy atom. The maximum absolute atomic E-state index is 12.8. The van der Waals surface area contributed by atoms with Gasteiger partial charge >= 0.3 is 5.97 Å². The summed E-state index contributed by atoms with van der Waals surface area (Å²) >= 11 is 0. The van der Waals surface area contributed by atoms with Gasteiger partial charge in [0.15, 0.2) is 0 Å². The number of nitro benzene ring substituents is 1. The molecule has 92 valence electrons. The molecule has 7 heteroatoms. The summed E-state index contributed by atoms with van der Waals surface area (Å²) in [6.07, 6.45) is -0.186. The van der Waals surface area contributed by atoms with Gasteiger partial charge in [-0.15, -0.1) is 0 Å². The van der Waals surface area contributed by atoms with Gasteiger partial charge in [-0.2, -0.15) is 0 Å². The van der Waals surface area contributed by atoms with E-state index in [-0.39, 0.29) is 12.1 Å². The number of anilines is 1. The maximum Gasteiger partial charge on any atom is 0.305 e. The molecule has 0 aliphatic carbocycles. The predicted octanol–water partition coefficient (Wildman–Crippen LogP) is 2.01. The van der Waals surface area contributed by atoms with Crippen molar-refractivity contribution in [1.82, 2.24) is 0 Å². The molecule has 0 spiro atoms. The van der Waals surface area contributed by atoms with Crippen molar-refractivity contribution in [1.29, 1.82) is 0 Å². The van der Waals surface area contributed by atoms with Crippen LogP contribution in [-0.4, -0.2) is 22.0 Å². The molecular formula is C10H11FN2O4. The third-order valence-electron chi connectivity index (χ3n) is 2.04. The number of nitrogens with one attached hydrogen (secondary N) is 1. The number of hydrogen-bond acceptors (Lipinski definition) is 4. The van der Waals surface area contributed by atoms with Crippen molar-refractivity contribution in [3.05, 3.63) is 34.1 Å². The van der Waals surface area contributed by atoms with Crippen molar-refractivity contribution >= 4 is 17.3 Å². The fourth-order valence-corrected chi connectivity index (χ4v) is 1.36. The van der Waals surface area contributed by atoms with Crippen LogP contribution in [0.2, 0.25) is 0 Å². The molecule has 1 unspecified atom stereocenters. The minimum Gasteiger partial charge on any atom is -0.481 e. The summed E-state index contributed by atoms with van der Waals surface area (Å²) in [5.41, 5.74) is -0.313. The van der Waals surface area contributed by atoms with Crippen LogP contribution < -0.4 is 5.32 Å². The van der Waals surface area contributed by atoms with E-state index in [0.29, 0.717) is 0 Å². The summed E-state index contributed by atoms with van der Waals surface area (Å²) in [6, 6.07) is 2.58. The molecule has 6 nitrogen and oxygen atoms in total. The van der Waals surface area contributed by atoms with Gasteiger partial charge in [-0.1, -0.05) is 0 Å². The molecule has 0 aliphatic heterocycles. The first-order chi connectivity index (χ1) is 7.90. The number of benzene rings is 1. The highest BCUT2D eigenvalue weighted by Gasteiger charge is 2.17. The number of nitro groups is 1. The summed E-state index contributed by atoms with van der Waals surface area (Å²) in [7, 11) is 0. The van der Waals surface area contributed by atoms with Gasteiger partial charge in [0.2, 0.25) is 0 Å². The standard InChI is InChI=1S/C10H11FN2O4/c1-6(4-10(14)15)12-8-3-2-7(11)5-9(8)13(16)17/h2-3,5-6,12H,4H2,1H3,(H,14,15). The van der Waals surface area contributed by atoms with E-state index in [2.05, 4.69) is 5.32 Å². The smallest absolute Gasteiger partial charge is 0.305 e. The molecule has 0 bridgehead atoms. The quantitative estimate of drug-likeness (QED) is 0.608. The van der Waals surface area contributed by atoms with Crippen molar-refractivity contribution < 1.29 is 19.2 Å². The highest BCUT2D eigenvalue weighted by atomic mass is 19.1. The van der Waals surface area contributed by atoms with Crippen molar-refractivity contribution in [3.63, 3.8) is 0 Å². The molecule has 0 aliphatic rings. The Labute approximate surface area is 96.2 Å². The van der Waals surface area contributed by atoms with Crippen LogP contribution >= 0.6 is 0 Å². The Kier molecular flexibility index (Phi) is 3.97. The molecule has 1 aromatic carbocycles. The number of rotatable bonds is 5. The molecule has 0 heterocycles. The average molecular weight is 242 g/mol. The first kappa shape index (κ1) is 12.9. The van der Waals surface area contributed by atoms with Crippen molar-refractivity contribution in [2.45, 2.75) is 19.4 Å². The summed E-state index contributed by atoms with van der Waals surface area (Å²) in [4.78, 5) is 20.4. The van der Waals surface area contributed by atoms with Crippen molar-refractivity contribution in [3.8, 4) is 0 Å². The molecule has 1 aromatic rings. The second-order valence-corrected chi connectivity index (χ2v) is 3.56. The SMILES string of the molecule is CC(CC(=O)O)Nc1ccc(F)cc1[N+](=O)[O-]. The Morgan fingerprint density at radius 3 is 2.82 bits per heavy atom. The van der Waals surface area contributed by atoms with Crippen molar-refractivity contribution in [2.24, 2.45) is 0 Å². The van der Waals surface area contributed by atoms with Crippen LogP contribution in [0.4, 0.5) is 15.8 Å². The Hall–Kier alpha value is -2.18. The Morgan fingerprint density at radius 1 is 1.65 bits per heavy atom. The van der Waals surface area contributed by atoms with Crippen LogP contribution in [0.5, 0.6) is 0 Å². The van der Waals surface area contributed by atoms with Crippen LogP contribution in [-0.2, 0) is 4.79 Å². The molecule has 0 saturated heterocycles. The zero-order valence-corrected chi connectivity index (χ0v) is 9.01. The second kappa shape index (κ2) is 5.24. The third-order valence-corrected chi connectivity index (χ3v) is 2.04. The van der Waals surface area contributed by atoms with Gasteiger partial charge in [-0.05, 0) is 19.1 Å². The van der Waals surface area contributed by atoms with Crippen LogP contribution in [0.15, 0.2) is 18.2 Å². The fourth-order valence-electron chi connectivity index (χ4n) is 1.36. The predicted molar refractivity (Wildman–Crippen MR) is 58.4 cm³/mol. The van der Waals surface area contributed by atoms with Gasteiger partial charge in [0, 0.05) is 6.04 Å². The second-order valence-electron chi connectivity index (χ2n) is 3.56. The number of hydrogen-bond donors (Lipinski definition) is 2. The molecule has 0 saturated carbocycles.